The summed E-state index contributed by atoms with van der Waals surface area (Å²) in [4.78, 5) is 22.8. The van der Waals surface area contributed by atoms with Crippen molar-refractivity contribution in [1.29, 1.82) is 0 Å². The second-order valence-electron chi connectivity index (χ2n) is 4.28. The number of carbonyl (C=O) groups is 2. The van der Waals surface area contributed by atoms with Crippen LogP contribution < -0.4 is 0 Å². The summed E-state index contributed by atoms with van der Waals surface area (Å²) in [6.45, 7) is 0. The Hall–Kier alpha value is -1.49. The number of halogens is 2. The molecular formula is C14H12BrFO3. The standard InChI is InChI=1S/C14H12BrFO3/c15-10-5-6-11(16)9(8-10)4-7-14(18)19-13-3-1-2-12(13)17/h4-8,13H,1-3H2/b7-4+. The summed E-state index contributed by atoms with van der Waals surface area (Å²) in [6, 6.07) is 4.43. The molecule has 1 unspecified atom stereocenters. The van der Waals surface area contributed by atoms with Crippen molar-refractivity contribution in [3.05, 3.63) is 40.1 Å². The summed E-state index contributed by atoms with van der Waals surface area (Å²) in [6.07, 6.45) is 3.62. The first-order valence-corrected chi connectivity index (χ1v) is 6.72. The predicted molar refractivity (Wildman–Crippen MR) is 71.9 cm³/mol. The van der Waals surface area contributed by atoms with Crippen LogP contribution in [0.4, 0.5) is 4.39 Å². The van der Waals surface area contributed by atoms with Gasteiger partial charge in [-0.3, -0.25) is 4.79 Å². The van der Waals surface area contributed by atoms with Crippen LogP contribution in [0, 0.1) is 5.82 Å². The van der Waals surface area contributed by atoms with E-state index in [-0.39, 0.29) is 11.3 Å². The van der Waals surface area contributed by atoms with Crippen molar-refractivity contribution in [2.24, 2.45) is 0 Å². The van der Waals surface area contributed by atoms with Crippen molar-refractivity contribution < 1.29 is 18.7 Å². The van der Waals surface area contributed by atoms with Gasteiger partial charge in [0.2, 0.25) is 0 Å². The van der Waals surface area contributed by atoms with Gasteiger partial charge in [-0.25, -0.2) is 9.18 Å². The Morgan fingerprint density at radius 3 is 2.95 bits per heavy atom. The zero-order valence-corrected chi connectivity index (χ0v) is 11.7. The Bertz CT molecular complexity index is 539. The van der Waals surface area contributed by atoms with Crippen LogP contribution in [0.3, 0.4) is 0 Å². The highest BCUT2D eigenvalue weighted by Crippen LogP contribution is 2.19. The van der Waals surface area contributed by atoms with Gasteiger partial charge in [-0.1, -0.05) is 15.9 Å². The zero-order chi connectivity index (χ0) is 13.8. The molecule has 5 heteroatoms. The fourth-order valence-corrected chi connectivity index (χ4v) is 2.27. The van der Waals surface area contributed by atoms with Crippen LogP contribution in [-0.4, -0.2) is 17.9 Å². The minimum Gasteiger partial charge on any atom is -0.451 e. The van der Waals surface area contributed by atoms with E-state index in [9.17, 15) is 14.0 Å². The molecule has 1 saturated carbocycles. The van der Waals surface area contributed by atoms with E-state index in [0.717, 1.165) is 12.5 Å². The molecule has 1 aliphatic rings. The lowest BCUT2D eigenvalue weighted by Gasteiger charge is -2.07. The van der Waals surface area contributed by atoms with Gasteiger partial charge in [0.1, 0.15) is 5.82 Å². The third-order valence-corrected chi connectivity index (χ3v) is 3.36. The Morgan fingerprint density at radius 2 is 2.26 bits per heavy atom. The number of Topliss-reactive ketones (excluding diaryl/α,β-unsaturated/α-hetero) is 1. The zero-order valence-electron chi connectivity index (χ0n) is 10.1. The summed E-state index contributed by atoms with van der Waals surface area (Å²) < 4.78 is 19.1. The molecule has 0 radical (unpaired) electrons. The van der Waals surface area contributed by atoms with Crippen LogP contribution in [0.15, 0.2) is 28.7 Å². The van der Waals surface area contributed by atoms with Crippen molar-refractivity contribution in [3.8, 4) is 0 Å². The first kappa shape index (κ1) is 13.9. The largest absolute Gasteiger partial charge is 0.451 e. The molecule has 0 saturated heterocycles. The molecule has 1 aromatic carbocycles. The maximum Gasteiger partial charge on any atom is 0.331 e. The lowest BCUT2D eigenvalue weighted by molar-refractivity contribution is -0.148. The maximum atomic E-state index is 13.4. The highest BCUT2D eigenvalue weighted by molar-refractivity contribution is 9.10. The predicted octanol–water partition coefficient (Wildman–Crippen LogP) is 3.27. The molecule has 2 rings (SSSR count). The van der Waals surface area contributed by atoms with Crippen LogP contribution in [0.2, 0.25) is 0 Å². The minimum absolute atomic E-state index is 0.0459. The second-order valence-corrected chi connectivity index (χ2v) is 5.20. The van der Waals surface area contributed by atoms with Crippen molar-refractivity contribution in [2.45, 2.75) is 25.4 Å². The fraction of sp³-hybridized carbons (Fsp3) is 0.286. The van der Waals surface area contributed by atoms with E-state index in [1.165, 1.54) is 12.1 Å². The normalized spacial score (nSPS) is 19.1. The molecule has 0 spiro atoms. The summed E-state index contributed by atoms with van der Waals surface area (Å²) in [5, 5.41) is 0. The Morgan fingerprint density at radius 1 is 1.47 bits per heavy atom. The van der Waals surface area contributed by atoms with Gasteiger partial charge in [-0.05, 0) is 37.1 Å². The molecule has 1 aliphatic carbocycles. The third-order valence-electron chi connectivity index (χ3n) is 2.86. The smallest absolute Gasteiger partial charge is 0.331 e. The highest BCUT2D eigenvalue weighted by atomic mass is 79.9. The van der Waals surface area contributed by atoms with Gasteiger partial charge in [0.05, 0.1) is 0 Å². The van der Waals surface area contributed by atoms with Gasteiger partial charge in [0, 0.05) is 22.5 Å². The van der Waals surface area contributed by atoms with Gasteiger partial charge in [0.15, 0.2) is 11.9 Å². The van der Waals surface area contributed by atoms with Crippen LogP contribution in [0.25, 0.3) is 6.08 Å². The number of hydrogen-bond donors (Lipinski definition) is 0. The van der Waals surface area contributed by atoms with Crippen LogP contribution >= 0.6 is 15.9 Å². The molecule has 0 amide bonds. The van der Waals surface area contributed by atoms with Crippen LogP contribution in [0.5, 0.6) is 0 Å². The average molecular weight is 327 g/mol. The molecule has 19 heavy (non-hydrogen) atoms. The second kappa shape index (κ2) is 6.10. The van der Waals surface area contributed by atoms with Gasteiger partial charge >= 0.3 is 5.97 Å². The first-order chi connectivity index (χ1) is 9.06. The number of carbonyl (C=O) groups excluding carboxylic acids is 2. The van der Waals surface area contributed by atoms with Crippen molar-refractivity contribution >= 4 is 33.8 Å². The fourth-order valence-electron chi connectivity index (χ4n) is 1.89. The van der Waals surface area contributed by atoms with Gasteiger partial charge in [-0.15, -0.1) is 0 Å². The number of hydrogen-bond acceptors (Lipinski definition) is 3. The summed E-state index contributed by atoms with van der Waals surface area (Å²) in [5.74, 6) is -1.10. The van der Waals surface area contributed by atoms with Crippen molar-refractivity contribution in [1.82, 2.24) is 0 Å². The topological polar surface area (TPSA) is 43.4 Å². The van der Waals surface area contributed by atoms with E-state index in [0.29, 0.717) is 17.3 Å². The Labute approximate surface area is 118 Å². The monoisotopic (exact) mass is 326 g/mol. The van der Waals surface area contributed by atoms with Crippen molar-refractivity contribution in [2.75, 3.05) is 0 Å². The quantitative estimate of drug-likeness (QED) is 0.632. The van der Waals surface area contributed by atoms with Crippen LogP contribution in [-0.2, 0) is 14.3 Å². The highest BCUT2D eigenvalue weighted by Gasteiger charge is 2.27. The number of esters is 1. The Kier molecular flexibility index (Phi) is 4.47. The summed E-state index contributed by atoms with van der Waals surface area (Å²) in [5.41, 5.74) is 0.282. The molecule has 1 atom stereocenters. The molecule has 0 N–H and O–H groups in total. The van der Waals surface area contributed by atoms with Crippen LogP contribution in [0.1, 0.15) is 24.8 Å². The lowest BCUT2D eigenvalue weighted by atomic mass is 10.2. The third kappa shape index (κ3) is 3.73. The van der Waals surface area contributed by atoms with E-state index < -0.39 is 17.9 Å². The van der Waals surface area contributed by atoms with E-state index in [1.807, 2.05) is 0 Å². The number of rotatable bonds is 3. The lowest BCUT2D eigenvalue weighted by Crippen LogP contribution is -2.20. The molecule has 1 fully saturated rings. The van der Waals surface area contributed by atoms with Gasteiger partial charge < -0.3 is 4.74 Å². The summed E-state index contributed by atoms with van der Waals surface area (Å²) >= 11 is 3.22. The molecule has 0 heterocycles. The van der Waals surface area contributed by atoms with E-state index in [1.54, 1.807) is 12.1 Å². The molecule has 1 aromatic rings. The molecular weight excluding hydrogens is 315 g/mol. The summed E-state index contributed by atoms with van der Waals surface area (Å²) in [7, 11) is 0. The van der Waals surface area contributed by atoms with Gasteiger partial charge in [-0.2, -0.15) is 0 Å². The number of benzene rings is 1. The SMILES string of the molecule is O=C(/C=C/c1cc(Br)ccc1F)OC1CCCC1=O. The molecule has 3 nitrogen and oxygen atoms in total. The minimum atomic E-state index is -0.635. The van der Waals surface area contributed by atoms with E-state index in [4.69, 9.17) is 4.74 Å². The van der Waals surface area contributed by atoms with E-state index in [2.05, 4.69) is 15.9 Å². The Balaban J connectivity index is 2.00. The van der Waals surface area contributed by atoms with Gasteiger partial charge in [0.25, 0.3) is 0 Å². The molecule has 0 aliphatic heterocycles. The number of ketones is 1. The maximum absolute atomic E-state index is 13.4. The molecule has 100 valence electrons. The average Bonchev–Trinajstić information content (AvgIpc) is 2.76. The molecule has 0 aromatic heterocycles. The number of ether oxygens (including phenoxy) is 1. The van der Waals surface area contributed by atoms with E-state index >= 15 is 0 Å². The first-order valence-electron chi connectivity index (χ1n) is 5.93. The van der Waals surface area contributed by atoms with Crippen molar-refractivity contribution in [3.63, 3.8) is 0 Å². The molecule has 0 bridgehead atoms.